The van der Waals surface area contributed by atoms with Crippen molar-refractivity contribution < 1.29 is 14.7 Å². The Balaban J connectivity index is 2.30. The predicted molar refractivity (Wildman–Crippen MR) is 95.2 cm³/mol. The second-order valence-corrected chi connectivity index (χ2v) is 6.49. The van der Waals surface area contributed by atoms with E-state index in [0.29, 0.717) is 5.56 Å². The first-order chi connectivity index (χ1) is 11.5. The fourth-order valence-electron chi connectivity index (χ4n) is 2.88. The van der Waals surface area contributed by atoms with Gasteiger partial charge in [-0.2, -0.15) is 0 Å². The van der Waals surface area contributed by atoms with Gasteiger partial charge in [0.05, 0.1) is 5.56 Å². The minimum atomic E-state index is -1.01. The van der Waals surface area contributed by atoms with Gasteiger partial charge in [-0.05, 0) is 18.4 Å². The molecule has 0 saturated heterocycles. The number of aliphatic carboxylic acids is 1. The quantitative estimate of drug-likeness (QED) is 0.725. The molecule has 1 amide bonds. The number of carbonyl (C=O) groups is 2. The Labute approximate surface area is 142 Å². The summed E-state index contributed by atoms with van der Waals surface area (Å²) in [5, 5.41) is 12.8. The summed E-state index contributed by atoms with van der Waals surface area (Å²) in [6.07, 6.45) is 5.18. The van der Waals surface area contributed by atoms with Crippen LogP contribution in [0.2, 0.25) is 0 Å². The lowest BCUT2D eigenvalue weighted by atomic mass is 10.0. The molecule has 1 aromatic carbocycles. The summed E-state index contributed by atoms with van der Waals surface area (Å²) in [7, 11) is 0. The van der Waals surface area contributed by atoms with E-state index >= 15 is 0 Å². The van der Waals surface area contributed by atoms with E-state index in [2.05, 4.69) is 16.8 Å². The fraction of sp³-hybridized carbons (Fsp3) is 0.474. The number of amides is 1. The number of aryl methyl sites for hydroxylation is 1. The number of nitrogens with zero attached hydrogens (tertiary/aromatic N) is 1. The van der Waals surface area contributed by atoms with Crippen molar-refractivity contribution >= 4 is 22.8 Å². The second kappa shape index (κ2) is 7.99. The molecule has 0 bridgehead atoms. The minimum absolute atomic E-state index is 0.177. The molecule has 0 aliphatic rings. The van der Waals surface area contributed by atoms with E-state index in [9.17, 15) is 14.7 Å². The number of fused-ring (bicyclic) bond motifs is 1. The summed E-state index contributed by atoms with van der Waals surface area (Å²) in [6, 6.07) is 6.86. The maximum Gasteiger partial charge on any atom is 0.326 e. The van der Waals surface area contributed by atoms with Gasteiger partial charge in [0.2, 0.25) is 0 Å². The van der Waals surface area contributed by atoms with Crippen LogP contribution < -0.4 is 5.32 Å². The van der Waals surface area contributed by atoms with E-state index in [0.717, 1.165) is 36.7 Å². The highest BCUT2D eigenvalue weighted by Gasteiger charge is 2.25. The maximum absolute atomic E-state index is 12.6. The van der Waals surface area contributed by atoms with Crippen molar-refractivity contribution in [3.05, 3.63) is 36.0 Å². The lowest BCUT2D eigenvalue weighted by molar-refractivity contribution is -0.140. The van der Waals surface area contributed by atoms with Crippen LogP contribution in [0.4, 0.5) is 0 Å². The molecule has 1 heterocycles. The molecule has 0 spiro atoms. The molecule has 0 radical (unpaired) electrons. The van der Waals surface area contributed by atoms with Gasteiger partial charge in [-0.3, -0.25) is 4.79 Å². The Hall–Kier alpha value is -2.30. The number of carbonyl (C=O) groups excluding carboxylic acids is 1. The van der Waals surface area contributed by atoms with Gasteiger partial charge in [-0.1, -0.05) is 51.8 Å². The van der Waals surface area contributed by atoms with E-state index in [1.807, 2.05) is 30.5 Å². The summed E-state index contributed by atoms with van der Waals surface area (Å²) in [6.45, 7) is 6.58. The molecule has 0 aliphatic carbocycles. The number of hydrogen-bond acceptors (Lipinski definition) is 2. The number of benzene rings is 1. The van der Waals surface area contributed by atoms with Gasteiger partial charge in [-0.25, -0.2) is 4.79 Å². The normalized spacial score (nSPS) is 12.5. The molecule has 2 aromatic rings. The highest BCUT2D eigenvalue weighted by molar-refractivity contribution is 6.07. The average Bonchev–Trinajstić information content (AvgIpc) is 2.91. The number of rotatable bonds is 8. The van der Waals surface area contributed by atoms with Crippen LogP contribution in [0.5, 0.6) is 0 Å². The van der Waals surface area contributed by atoms with Crippen molar-refractivity contribution in [2.24, 2.45) is 5.92 Å². The Morgan fingerprint density at radius 3 is 2.54 bits per heavy atom. The van der Waals surface area contributed by atoms with Crippen LogP contribution >= 0.6 is 0 Å². The molecule has 0 unspecified atom stereocenters. The van der Waals surface area contributed by atoms with Gasteiger partial charge in [0.25, 0.3) is 5.91 Å². The van der Waals surface area contributed by atoms with Crippen LogP contribution in [0.15, 0.2) is 30.5 Å². The third kappa shape index (κ3) is 3.96. The van der Waals surface area contributed by atoms with Crippen molar-refractivity contribution in [3.8, 4) is 0 Å². The monoisotopic (exact) mass is 330 g/mol. The van der Waals surface area contributed by atoms with Crippen molar-refractivity contribution in [3.63, 3.8) is 0 Å². The van der Waals surface area contributed by atoms with Gasteiger partial charge in [0, 0.05) is 23.6 Å². The van der Waals surface area contributed by atoms with Crippen LogP contribution in [0.3, 0.4) is 0 Å². The van der Waals surface area contributed by atoms with Crippen molar-refractivity contribution in [1.29, 1.82) is 0 Å². The average molecular weight is 330 g/mol. The first-order valence-electron chi connectivity index (χ1n) is 8.57. The van der Waals surface area contributed by atoms with Crippen molar-refractivity contribution in [2.45, 2.75) is 52.6 Å². The molecule has 5 heteroatoms. The molecule has 2 N–H and O–H groups in total. The smallest absolute Gasteiger partial charge is 0.326 e. The summed E-state index contributed by atoms with van der Waals surface area (Å²) >= 11 is 0. The molecule has 5 nitrogen and oxygen atoms in total. The van der Waals surface area contributed by atoms with Gasteiger partial charge >= 0.3 is 5.97 Å². The van der Waals surface area contributed by atoms with E-state index in [-0.39, 0.29) is 11.8 Å². The molecular weight excluding hydrogens is 304 g/mol. The number of para-hydroxylation sites is 1. The summed E-state index contributed by atoms with van der Waals surface area (Å²) in [4.78, 5) is 24.0. The second-order valence-electron chi connectivity index (χ2n) is 6.49. The molecule has 24 heavy (non-hydrogen) atoms. The number of aromatic nitrogens is 1. The molecule has 0 saturated carbocycles. The third-order valence-electron chi connectivity index (χ3n) is 4.26. The number of hydrogen-bond donors (Lipinski definition) is 2. The number of unbranched alkanes of at least 4 members (excludes halogenated alkanes) is 2. The highest BCUT2D eigenvalue weighted by atomic mass is 16.4. The first kappa shape index (κ1) is 18.0. The third-order valence-corrected chi connectivity index (χ3v) is 4.26. The predicted octanol–water partition coefficient (Wildman–Crippen LogP) is 3.67. The Bertz CT molecular complexity index is 718. The van der Waals surface area contributed by atoms with Gasteiger partial charge in [0.1, 0.15) is 6.04 Å². The number of nitrogens with one attached hydrogen (secondary N) is 1. The van der Waals surface area contributed by atoms with Gasteiger partial charge < -0.3 is 15.0 Å². The van der Waals surface area contributed by atoms with Crippen LogP contribution in [-0.4, -0.2) is 27.6 Å². The molecule has 2 rings (SSSR count). The fourth-order valence-corrected chi connectivity index (χ4v) is 2.88. The zero-order valence-electron chi connectivity index (χ0n) is 14.6. The van der Waals surface area contributed by atoms with E-state index in [1.54, 1.807) is 13.8 Å². The van der Waals surface area contributed by atoms with Crippen LogP contribution in [-0.2, 0) is 11.3 Å². The zero-order chi connectivity index (χ0) is 17.7. The number of carboxylic acid groups (broad SMARTS) is 1. The van der Waals surface area contributed by atoms with Crippen LogP contribution in [0.1, 0.15) is 50.4 Å². The Morgan fingerprint density at radius 1 is 1.21 bits per heavy atom. The van der Waals surface area contributed by atoms with Crippen molar-refractivity contribution in [1.82, 2.24) is 9.88 Å². The van der Waals surface area contributed by atoms with E-state index < -0.39 is 12.0 Å². The Morgan fingerprint density at radius 2 is 1.92 bits per heavy atom. The molecule has 1 atom stereocenters. The highest BCUT2D eigenvalue weighted by Crippen LogP contribution is 2.22. The topological polar surface area (TPSA) is 71.3 Å². The molecular formula is C19H26N2O3. The standard InChI is InChI=1S/C19H26N2O3/c1-4-5-8-11-21-12-15(14-9-6-7-10-16(14)21)18(22)20-17(13(2)3)19(23)24/h6-7,9-10,12-13,17H,4-5,8,11H2,1-3H3,(H,20,22)(H,23,24)/t17-/m0/s1. The zero-order valence-corrected chi connectivity index (χ0v) is 14.6. The summed E-state index contributed by atoms with van der Waals surface area (Å²) in [5.41, 5.74) is 1.55. The lowest BCUT2D eigenvalue weighted by Gasteiger charge is -2.17. The largest absolute Gasteiger partial charge is 0.480 e. The maximum atomic E-state index is 12.6. The van der Waals surface area contributed by atoms with E-state index in [4.69, 9.17) is 0 Å². The SMILES string of the molecule is CCCCCn1cc(C(=O)N[C@H](C(=O)O)C(C)C)c2ccccc21. The number of carboxylic acids is 1. The van der Waals surface area contributed by atoms with Gasteiger partial charge in [-0.15, -0.1) is 0 Å². The van der Waals surface area contributed by atoms with Gasteiger partial charge in [0.15, 0.2) is 0 Å². The lowest BCUT2D eigenvalue weighted by Crippen LogP contribution is -2.44. The van der Waals surface area contributed by atoms with Crippen molar-refractivity contribution in [2.75, 3.05) is 0 Å². The molecule has 0 fully saturated rings. The minimum Gasteiger partial charge on any atom is -0.480 e. The van der Waals surface area contributed by atoms with Crippen LogP contribution in [0, 0.1) is 5.92 Å². The first-order valence-corrected chi connectivity index (χ1v) is 8.57. The Kier molecular flexibility index (Phi) is 6.01. The summed E-state index contributed by atoms with van der Waals surface area (Å²) in [5.74, 6) is -1.52. The molecule has 1 aromatic heterocycles. The molecule has 0 aliphatic heterocycles. The van der Waals surface area contributed by atoms with E-state index in [1.165, 1.54) is 0 Å². The summed E-state index contributed by atoms with van der Waals surface area (Å²) < 4.78 is 2.09. The molecule has 130 valence electrons. The van der Waals surface area contributed by atoms with Crippen LogP contribution in [0.25, 0.3) is 10.9 Å².